The molecule has 16 heteroatoms. The number of carboxylic acids is 1. The second kappa shape index (κ2) is 22.6. The lowest BCUT2D eigenvalue weighted by Gasteiger charge is -2.47. The number of amides is 2. The number of ether oxygens (including phenoxy) is 5. The van der Waals surface area contributed by atoms with Gasteiger partial charge >= 0.3 is 24.1 Å². The van der Waals surface area contributed by atoms with Crippen LogP contribution in [0.25, 0.3) is 0 Å². The van der Waals surface area contributed by atoms with Crippen molar-refractivity contribution in [3.63, 3.8) is 0 Å². The van der Waals surface area contributed by atoms with E-state index in [2.05, 4.69) is 28.5 Å². The van der Waals surface area contributed by atoms with Crippen molar-refractivity contribution in [2.24, 2.45) is 0 Å². The molecule has 1 aromatic carbocycles. The number of aliphatic carboxylic acids is 1. The lowest BCUT2D eigenvalue weighted by atomic mass is 10.1. The second-order valence-electron chi connectivity index (χ2n) is 16.4. The number of benzene rings is 1. The third-order valence-corrected chi connectivity index (χ3v) is 10.9. The summed E-state index contributed by atoms with van der Waals surface area (Å²) < 4.78 is 27.4. The van der Waals surface area contributed by atoms with Gasteiger partial charge in [-0.05, 0) is 61.0 Å². The van der Waals surface area contributed by atoms with Gasteiger partial charge in [-0.25, -0.2) is 9.59 Å². The lowest BCUT2D eigenvalue weighted by Crippen LogP contribution is -2.63. The highest BCUT2D eigenvalue weighted by atomic mass is 16.6. The van der Waals surface area contributed by atoms with Gasteiger partial charge in [0, 0.05) is 88.6 Å². The monoisotopic (exact) mass is 804 g/mol. The molecule has 4 heterocycles. The first-order valence-electron chi connectivity index (χ1n) is 20.6. The second-order valence-corrected chi connectivity index (χ2v) is 16.4. The van der Waals surface area contributed by atoms with Crippen LogP contribution in [0.1, 0.15) is 61.0 Å². The Bertz CT molecular complexity index is 1420. The fourth-order valence-electron chi connectivity index (χ4n) is 7.73. The van der Waals surface area contributed by atoms with E-state index >= 15 is 0 Å². The number of carboxylic acid groups (broad SMARTS) is 1. The van der Waals surface area contributed by atoms with Crippen molar-refractivity contribution in [1.29, 1.82) is 0 Å². The van der Waals surface area contributed by atoms with Gasteiger partial charge in [-0.1, -0.05) is 30.3 Å². The minimum Gasteiger partial charge on any atom is -0.480 e. The van der Waals surface area contributed by atoms with Crippen molar-refractivity contribution >= 4 is 24.1 Å². The van der Waals surface area contributed by atoms with Crippen LogP contribution < -0.4 is 0 Å². The van der Waals surface area contributed by atoms with Gasteiger partial charge in [0.2, 0.25) is 0 Å². The molecule has 0 spiro atoms. The molecule has 1 N–H and O–H groups in total. The molecule has 57 heavy (non-hydrogen) atoms. The number of morpholine rings is 2. The Kier molecular flexibility index (Phi) is 18.3. The van der Waals surface area contributed by atoms with Crippen molar-refractivity contribution < 1.29 is 48.0 Å². The molecular formula is C41H68N6O10. The highest BCUT2D eigenvalue weighted by Gasteiger charge is 2.39. The first kappa shape index (κ1) is 46.2. The van der Waals surface area contributed by atoms with E-state index in [1.807, 2.05) is 76.8 Å². The molecule has 1 aromatic rings. The van der Waals surface area contributed by atoms with Gasteiger partial charge in [-0.15, -0.1) is 0 Å². The first-order valence-corrected chi connectivity index (χ1v) is 20.6. The number of esters is 1. The zero-order chi connectivity index (χ0) is 41.6. The minimum atomic E-state index is -0.842. The Hall–Kier alpha value is -3.54. The zero-order valence-electron chi connectivity index (χ0n) is 35.4. The number of piperazine rings is 2. The Balaban J connectivity index is 0.000000261. The largest absolute Gasteiger partial charge is 0.480 e. The molecule has 6 atom stereocenters. The Morgan fingerprint density at radius 2 is 1.12 bits per heavy atom. The topological polar surface area (TPSA) is 154 Å². The van der Waals surface area contributed by atoms with Gasteiger partial charge < -0.3 is 38.6 Å². The number of carbonyl (C=O) groups is 4. The van der Waals surface area contributed by atoms with Crippen LogP contribution in [0.5, 0.6) is 0 Å². The summed E-state index contributed by atoms with van der Waals surface area (Å²) in [5.74, 6) is -1.09. The van der Waals surface area contributed by atoms with Gasteiger partial charge in [0.1, 0.15) is 6.61 Å². The number of carbonyl (C=O) groups excluding carboxylic acids is 3. The molecular weight excluding hydrogens is 736 g/mol. The van der Waals surface area contributed by atoms with E-state index in [4.69, 9.17) is 23.7 Å². The molecule has 4 fully saturated rings. The van der Waals surface area contributed by atoms with Crippen molar-refractivity contribution in [3.8, 4) is 0 Å². The molecule has 0 radical (unpaired) electrons. The van der Waals surface area contributed by atoms with Gasteiger partial charge in [-0.3, -0.25) is 29.2 Å². The van der Waals surface area contributed by atoms with Crippen molar-refractivity contribution in [2.75, 3.05) is 91.9 Å². The van der Waals surface area contributed by atoms with Gasteiger partial charge in [-0.2, -0.15) is 0 Å². The molecule has 0 aliphatic carbocycles. The highest BCUT2D eigenvalue weighted by molar-refractivity contribution is 5.72. The third-order valence-electron chi connectivity index (χ3n) is 10.9. The van der Waals surface area contributed by atoms with Crippen LogP contribution in [-0.2, 0) is 39.9 Å². The fourth-order valence-corrected chi connectivity index (χ4v) is 7.73. The quantitative estimate of drug-likeness (QED) is 0.243. The Morgan fingerprint density at radius 1 is 0.667 bits per heavy atom. The maximum atomic E-state index is 12.7. The SMILES string of the molecule is CC(C)OC(=O)N1C[C@H](CN2CCOC[C@H]2C)N(CC(=O)O)C[C@H]1C.CC(C)OC(=O)N1C[C@H](CN2CCOC[C@H]2C)N(CC(=O)OCc2ccccc2)C[C@H]1C. The molecule has 4 aliphatic heterocycles. The molecule has 0 unspecified atom stereocenters. The number of hydrogen-bond acceptors (Lipinski definition) is 13. The highest BCUT2D eigenvalue weighted by Crippen LogP contribution is 2.22. The lowest BCUT2D eigenvalue weighted by molar-refractivity contribution is -0.148. The molecule has 4 saturated heterocycles. The third kappa shape index (κ3) is 14.7. The summed E-state index contributed by atoms with van der Waals surface area (Å²) in [6.07, 6.45) is -0.954. The van der Waals surface area contributed by atoms with Crippen molar-refractivity contribution in [3.05, 3.63) is 35.9 Å². The normalized spacial score (nSPS) is 26.8. The van der Waals surface area contributed by atoms with E-state index in [0.29, 0.717) is 58.6 Å². The minimum absolute atomic E-state index is 0.00994. The smallest absolute Gasteiger partial charge is 0.410 e. The average molecular weight is 805 g/mol. The van der Waals surface area contributed by atoms with E-state index in [9.17, 15) is 24.3 Å². The van der Waals surface area contributed by atoms with Crippen LogP contribution >= 0.6 is 0 Å². The maximum absolute atomic E-state index is 12.7. The summed E-state index contributed by atoms with van der Waals surface area (Å²) in [4.78, 5) is 61.3. The molecule has 4 aliphatic rings. The maximum Gasteiger partial charge on any atom is 0.410 e. The van der Waals surface area contributed by atoms with E-state index in [1.165, 1.54) is 0 Å². The van der Waals surface area contributed by atoms with Crippen LogP contribution in [0, 0.1) is 0 Å². The van der Waals surface area contributed by atoms with Gasteiger partial charge in [0.15, 0.2) is 0 Å². The molecule has 0 bridgehead atoms. The number of hydrogen-bond donors (Lipinski definition) is 1. The summed E-state index contributed by atoms with van der Waals surface area (Å²) in [7, 11) is 0. The summed E-state index contributed by atoms with van der Waals surface area (Å²) >= 11 is 0. The van der Waals surface area contributed by atoms with Crippen LogP contribution in [0.3, 0.4) is 0 Å². The summed E-state index contributed by atoms with van der Waals surface area (Å²) in [5.41, 5.74) is 0.967. The average Bonchev–Trinajstić information content (AvgIpc) is 3.14. The Morgan fingerprint density at radius 3 is 1.54 bits per heavy atom. The Labute approximate surface area is 339 Å². The summed E-state index contributed by atoms with van der Waals surface area (Å²) in [6.45, 7) is 24.0. The van der Waals surface area contributed by atoms with E-state index < -0.39 is 5.97 Å². The van der Waals surface area contributed by atoms with Crippen molar-refractivity contribution in [1.82, 2.24) is 29.4 Å². The van der Waals surface area contributed by atoms with Crippen LogP contribution in [-0.4, -0.2) is 199 Å². The van der Waals surface area contributed by atoms with E-state index in [0.717, 1.165) is 31.7 Å². The molecule has 2 amide bonds. The summed E-state index contributed by atoms with van der Waals surface area (Å²) in [5, 5.41) is 9.24. The van der Waals surface area contributed by atoms with Gasteiger partial charge in [0.25, 0.3) is 0 Å². The van der Waals surface area contributed by atoms with Crippen LogP contribution in [0.2, 0.25) is 0 Å². The fraction of sp³-hybridized carbons (Fsp3) is 0.756. The van der Waals surface area contributed by atoms with E-state index in [1.54, 1.807) is 9.80 Å². The van der Waals surface area contributed by atoms with E-state index in [-0.39, 0.29) is 80.3 Å². The zero-order valence-corrected chi connectivity index (χ0v) is 35.4. The molecule has 0 aromatic heterocycles. The molecule has 0 saturated carbocycles. The predicted molar refractivity (Wildman–Crippen MR) is 214 cm³/mol. The standard InChI is InChI=1S/C24H37N3O5.C17H31N3O5/c1-18(2)32-24(29)27-14-22(13-25-10-11-30-16-20(25)4)26(12-19(27)3)15-23(28)31-17-21-8-6-5-7-9-21;1-12(2)25-17(23)20-9-15(8-18-5-6-24-11-14(18)4)19(7-13(20)3)10-16(21)22/h5-9,18-20,22H,10-17H2,1-4H3;12-15H,5-11H2,1-4H3,(H,21,22)/t19-,20-,22+;13-,14-,15+/m11/s1. The molecule has 322 valence electrons. The van der Waals surface area contributed by atoms with Gasteiger partial charge in [0.05, 0.1) is 51.7 Å². The molecule has 5 rings (SSSR count). The first-order chi connectivity index (χ1) is 27.1. The predicted octanol–water partition coefficient (Wildman–Crippen LogP) is 3.08. The molecule has 16 nitrogen and oxygen atoms in total. The van der Waals surface area contributed by atoms with Crippen molar-refractivity contribution in [2.45, 2.75) is 110 Å². The summed E-state index contributed by atoms with van der Waals surface area (Å²) in [6, 6.07) is 10.1. The van der Waals surface area contributed by atoms with Crippen LogP contribution in [0.15, 0.2) is 30.3 Å². The number of rotatable bonds is 12. The number of nitrogens with zero attached hydrogens (tertiary/aromatic N) is 6. The van der Waals surface area contributed by atoms with Crippen LogP contribution in [0.4, 0.5) is 9.59 Å².